The molecule has 2 N–H and O–H groups in total. The van der Waals surface area contributed by atoms with E-state index in [-0.39, 0.29) is 33.1 Å². The van der Waals surface area contributed by atoms with Crippen molar-refractivity contribution >= 4 is 27.5 Å². The fourth-order valence-electron chi connectivity index (χ4n) is 3.97. The summed E-state index contributed by atoms with van der Waals surface area (Å²) >= 11 is 0. The molecular formula is C24H20F3N5O4S. The van der Waals surface area contributed by atoms with Gasteiger partial charge in [-0.1, -0.05) is 12.1 Å². The highest BCUT2D eigenvalue weighted by molar-refractivity contribution is 7.91. The zero-order valence-corrected chi connectivity index (χ0v) is 20.4. The van der Waals surface area contributed by atoms with Crippen molar-refractivity contribution in [2.45, 2.75) is 30.5 Å². The number of likely N-dealkylation sites (N-methyl/N-ethyl adjacent to an activating group) is 1. The Kier molecular flexibility index (Phi) is 7.32. The van der Waals surface area contributed by atoms with Crippen LogP contribution in [0.1, 0.15) is 36.1 Å². The van der Waals surface area contributed by atoms with Crippen molar-refractivity contribution in [1.82, 2.24) is 4.90 Å². The number of carbonyl (C=O) groups excluding carboxylic acids is 2. The zero-order valence-electron chi connectivity index (χ0n) is 19.6. The van der Waals surface area contributed by atoms with Crippen LogP contribution in [0.5, 0.6) is 0 Å². The highest BCUT2D eigenvalue weighted by Crippen LogP contribution is 2.42. The second-order valence-corrected chi connectivity index (χ2v) is 10.2. The van der Waals surface area contributed by atoms with Gasteiger partial charge in [-0.25, -0.2) is 18.1 Å². The number of nitrogens with zero attached hydrogens (tertiary/aromatic N) is 4. The van der Waals surface area contributed by atoms with Crippen LogP contribution in [0.4, 0.5) is 23.7 Å². The number of sulfone groups is 1. The van der Waals surface area contributed by atoms with Crippen molar-refractivity contribution in [1.29, 1.82) is 5.26 Å². The lowest BCUT2D eigenvalue weighted by Gasteiger charge is -2.40. The predicted octanol–water partition coefficient (Wildman–Crippen LogP) is 3.99. The molecule has 0 unspecified atom stereocenters. The number of allylic oxidation sites excluding steroid dienone is 1. The number of rotatable bonds is 6. The monoisotopic (exact) mass is 531 g/mol. The van der Waals surface area contributed by atoms with Gasteiger partial charge in [0.1, 0.15) is 0 Å². The van der Waals surface area contributed by atoms with Crippen LogP contribution < -0.4 is 10.6 Å². The molecule has 0 radical (unpaired) electrons. The first kappa shape index (κ1) is 27.2. The summed E-state index contributed by atoms with van der Waals surface area (Å²) in [7, 11) is -2.92. The second-order valence-electron chi connectivity index (χ2n) is 8.16. The lowest BCUT2D eigenvalue weighted by molar-refractivity contribution is -0.137. The standard InChI is InChI=1S/C24H20F3N5O4S/c1-14-21(30-2)22(18-8-7-15(13-28)11-19(18)37(35,36)10-9-20(29)33)31(3)23(34)32(14)17-6-4-5-16(12-17)24(25,26)27/h4-8,11-12,22H,9-10H2,1,3H3,(H2,29,33)/t22-/m1/s1. The summed E-state index contributed by atoms with van der Waals surface area (Å²) in [5.74, 6) is -1.53. The van der Waals surface area contributed by atoms with Gasteiger partial charge in [0, 0.05) is 24.9 Å². The molecule has 37 heavy (non-hydrogen) atoms. The smallest absolute Gasteiger partial charge is 0.370 e. The van der Waals surface area contributed by atoms with E-state index in [1.54, 1.807) is 0 Å². The van der Waals surface area contributed by atoms with Crippen LogP contribution in [0.25, 0.3) is 4.85 Å². The molecule has 0 saturated heterocycles. The third kappa shape index (κ3) is 5.27. The molecular weight excluding hydrogens is 511 g/mol. The Hall–Kier alpha value is -4.36. The van der Waals surface area contributed by atoms with E-state index in [4.69, 9.17) is 12.3 Å². The maximum absolute atomic E-state index is 13.4. The van der Waals surface area contributed by atoms with Gasteiger partial charge in [0.15, 0.2) is 9.84 Å². The van der Waals surface area contributed by atoms with Crippen LogP contribution >= 0.6 is 0 Å². The van der Waals surface area contributed by atoms with Crippen LogP contribution in [0.15, 0.2) is 58.8 Å². The molecule has 1 heterocycles. The zero-order chi connectivity index (χ0) is 27.7. The van der Waals surface area contributed by atoms with Gasteiger partial charge in [-0.05, 0) is 42.8 Å². The molecule has 13 heteroatoms. The maximum Gasteiger partial charge on any atom is 0.416 e. The molecule has 0 aliphatic carbocycles. The van der Waals surface area contributed by atoms with Gasteiger partial charge in [-0.2, -0.15) is 18.4 Å². The summed E-state index contributed by atoms with van der Waals surface area (Å²) in [6, 6.07) is 7.51. The molecule has 0 spiro atoms. The van der Waals surface area contributed by atoms with E-state index < -0.39 is 51.7 Å². The van der Waals surface area contributed by atoms with Crippen molar-refractivity contribution in [3.8, 4) is 6.07 Å². The van der Waals surface area contributed by atoms with Crippen molar-refractivity contribution in [3.05, 3.63) is 82.0 Å². The van der Waals surface area contributed by atoms with E-state index in [1.165, 1.54) is 32.2 Å². The van der Waals surface area contributed by atoms with E-state index in [0.29, 0.717) is 0 Å². The predicted molar refractivity (Wildman–Crippen MR) is 126 cm³/mol. The minimum Gasteiger partial charge on any atom is -0.370 e. The SMILES string of the molecule is [C-]#[N+]C1=C(C)N(c2cccc(C(F)(F)F)c2)C(=O)N(C)[C@@H]1c1ccc(C#N)cc1S(=O)(=O)CCC(N)=O. The molecule has 9 nitrogen and oxygen atoms in total. The Labute approximate surface area is 210 Å². The third-order valence-corrected chi connectivity index (χ3v) is 7.55. The highest BCUT2D eigenvalue weighted by atomic mass is 32.2. The number of alkyl halides is 3. The average Bonchev–Trinajstić information content (AvgIpc) is 2.84. The first-order valence-corrected chi connectivity index (χ1v) is 12.3. The van der Waals surface area contributed by atoms with E-state index >= 15 is 0 Å². The van der Waals surface area contributed by atoms with Crippen molar-refractivity contribution < 1.29 is 31.2 Å². The molecule has 1 aliphatic rings. The van der Waals surface area contributed by atoms with Crippen LogP contribution in [0.3, 0.4) is 0 Å². The minimum absolute atomic E-state index is 0.00615. The first-order chi connectivity index (χ1) is 17.2. The number of anilines is 1. The van der Waals surface area contributed by atoms with E-state index in [0.717, 1.165) is 34.1 Å². The number of nitrogens with two attached hydrogens (primary N) is 1. The summed E-state index contributed by atoms with van der Waals surface area (Å²) in [6.07, 6.45) is -5.16. The highest BCUT2D eigenvalue weighted by Gasteiger charge is 2.41. The van der Waals surface area contributed by atoms with Crippen LogP contribution in [0, 0.1) is 17.9 Å². The molecule has 1 atom stereocenters. The third-order valence-electron chi connectivity index (χ3n) is 5.79. The second kappa shape index (κ2) is 9.95. The lowest BCUT2D eigenvalue weighted by Crippen LogP contribution is -2.47. The fourth-order valence-corrected chi connectivity index (χ4v) is 5.51. The van der Waals surface area contributed by atoms with Crippen LogP contribution in [0.2, 0.25) is 0 Å². The number of benzene rings is 2. The number of carbonyl (C=O) groups is 2. The number of nitriles is 1. The minimum atomic E-state index is -4.67. The van der Waals surface area contributed by atoms with E-state index in [1.807, 2.05) is 6.07 Å². The summed E-state index contributed by atoms with van der Waals surface area (Å²) in [5.41, 5.74) is 3.85. The molecule has 192 valence electrons. The van der Waals surface area contributed by atoms with Crippen molar-refractivity contribution in [2.75, 3.05) is 17.7 Å². The van der Waals surface area contributed by atoms with Crippen LogP contribution in [-0.4, -0.2) is 38.1 Å². The molecule has 3 amide bonds. The van der Waals surface area contributed by atoms with Crippen molar-refractivity contribution in [3.63, 3.8) is 0 Å². The molecule has 2 aromatic rings. The molecule has 2 aromatic carbocycles. The van der Waals surface area contributed by atoms with Gasteiger partial charge in [-0.3, -0.25) is 9.69 Å². The number of hydrogen-bond donors (Lipinski definition) is 1. The summed E-state index contributed by atoms with van der Waals surface area (Å²) in [4.78, 5) is 29.7. The lowest BCUT2D eigenvalue weighted by atomic mass is 9.97. The molecule has 3 rings (SSSR count). The maximum atomic E-state index is 13.4. The summed E-state index contributed by atoms with van der Waals surface area (Å²) < 4.78 is 66.1. The number of amides is 3. The Morgan fingerprint density at radius 1 is 1.24 bits per heavy atom. The number of urea groups is 1. The number of primary amides is 1. The largest absolute Gasteiger partial charge is 0.416 e. The Morgan fingerprint density at radius 3 is 2.49 bits per heavy atom. The number of hydrogen-bond acceptors (Lipinski definition) is 5. The first-order valence-electron chi connectivity index (χ1n) is 10.6. The Morgan fingerprint density at radius 2 is 1.92 bits per heavy atom. The van der Waals surface area contributed by atoms with Gasteiger partial charge in [-0.15, -0.1) is 0 Å². The van der Waals surface area contributed by atoms with Gasteiger partial charge in [0.05, 0.1) is 40.5 Å². The molecule has 1 aliphatic heterocycles. The average molecular weight is 532 g/mol. The molecule has 0 fully saturated rings. The molecule has 0 bridgehead atoms. The van der Waals surface area contributed by atoms with Gasteiger partial charge < -0.3 is 10.6 Å². The van der Waals surface area contributed by atoms with Gasteiger partial charge in [0.25, 0.3) is 0 Å². The van der Waals surface area contributed by atoms with E-state index in [9.17, 15) is 36.4 Å². The van der Waals surface area contributed by atoms with Crippen molar-refractivity contribution in [2.24, 2.45) is 5.73 Å². The summed E-state index contributed by atoms with van der Waals surface area (Å²) in [5, 5.41) is 9.29. The van der Waals surface area contributed by atoms with Crippen LogP contribution in [-0.2, 0) is 20.8 Å². The van der Waals surface area contributed by atoms with Gasteiger partial charge in [0.2, 0.25) is 11.6 Å². The Bertz CT molecular complexity index is 1500. The topological polar surface area (TPSA) is 129 Å². The number of halogens is 3. The van der Waals surface area contributed by atoms with E-state index in [2.05, 4.69) is 4.85 Å². The normalized spacial score (nSPS) is 16.4. The fraction of sp³-hybridized carbons (Fsp3) is 0.250. The summed E-state index contributed by atoms with van der Waals surface area (Å²) in [6.45, 7) is 9.13. The molecule has 0 aromatic heterocycles. The van der Waals surface area contributed by atoms with Gasteiger partial charge >= 0.3 is 12.2 Å². The Balaban J connectivity index is 2.23. The molecule has 0 saturated carbocycles. The quantitative estimate of drug-likeness (QED) is 0.564.